The third-order valence-corrected chi connectivity index (χ3v) is 7.82. The van der Waals surface area contributed by atoms with Gasteiger partial charge in [-0.05, 0) is 43.2 Å². The number of carbonyl (C=O) groups excluding carboxylic acids is 1. The summed E-state index contributed by atoms with van der Waals surface area (Å²) >= 11 is 6.04. The molecule has 0 radical (unpaired) electrons. The van der Waals surface area contributed by atoms with E-state index in [1.54, 1.807) is 18.2 Å². The molecule has 30 heavy (non-hydrogen) atoms. The molecule has 1 unspecified atom stereocenters. The lowest BCUT2D eigenvalue weighted by atomic mass is 9.99. The largest absolute Gasteiger partial charge is 0.477 e. The molecule has 0 amide bonds. The number of fused-ring (bicyclic) bond motifs is 2. The summed E-state index contributed by atoms with van der Waals surface area (Å²) in [6, 6.07) is 8.97. The van der Waals surface area contributed by atoms with E-state index in [0.29, 0.717) is 41.8 Å². The topological polar surface area (TPSA) is 72.9 Å². The van der Waals surface area contributed by atoms with Crippen LogP contribution in [-0.4, -0.2) is 43.4 Å². The van der Waals surface area contributed by atoms with E-state index in [4.69, 9.17) is 21.1 Å². The standard InChI is InChI=1S/C22H20ClNO5S/c1-13-21-15(10-24(12-28-21)17-5-6-30(26,27)11-17)9-18-20(25)19(29-22(13)18)8-14-3-2-4-16(23)7-14/h2-4,7-9,17H,5-6,10-12H2,1H3/b19-8-. The number of rotatable bonds is 2. The molecule has 156 valence electrons. The van der Waals surface area contributed by atoms with Crippen LogP contribution in [0.4, 0.5) is 0 Å². The number of hydrogen-bond donors (Lipinski definition) is 0. The van der Waals surface area contributed by atoms with Crippen LogP contribution in [0.2, 0.25) is 5.02 Å². The van der Waals surface area contributed by atoms with Crippen LogP contribution in [0.25, 0.3) is 6.08 Å². The number of ketones is 1. The minimum absolute atomic E-state index is 0.0538. The van der Waals surface area contributed by atoms with Gasteiger partial charge in [-0.15, -0.1) is 0 Å². The molecule has 3 aliphatic heterocycles. The predicted octanol–water partition coefficient (Wildman–Crippen LogP) is 3.60. The van der Waals surface area contributed by atoms with Crippen LogP contribution in [0, 0.1) is 6.92 Å². The van der Waals surface area contributed by atoms with E-state index in [0.717, 1.165) is 16.7 Å². The predicted molar refractivity (Wildman–Crippen MR) is 114 cm³/mol. The monoisotopic (exact) mass is 445 g/mol. The molecule has 0 bridgehead atoms. The molecule has 0 saturated carbocycles. The Morgan fingerprint density at radius 3 is 2.80 bits per heavy atom. The number of benzene rings is 2. The van der Waals surface area contributed by atoms with Gasteiger partial charge >= 0.3 is 0 Å². The number of ether oxygens (including phenoxy) is 2. The molecule has 1 atom stereocenters. The van der Waals surface area contributed by atoms with Gasteiger partial charge in [0, 0.05) is 28.7 Å². The molecule has 8 heteroatoms. The highest BCUT2D eigenvalue weighted by atomic mass is 35.5. The zero-order valence-corrected chi connectivity index (χ0v) is 17.9. The molecule has 0 aromatic heterocycles. The summed E-state index contributed by atoms with van der Waals surface area (Å²) in [7, 11) is -2.98. The lowest BCUT2D eigenvalue weighted by Crippen LogP contribution is -2.41. The fraction of sp³-hybridized carbons (Fsp3) is 0.318. The van der Waals surface area contributed by atoms with Crippen molar-refractivity contribution in [3.63, 3.8) is 0 Å². The normalized spacial score (nSPS) is 23.7. The van der Waals surface area contributed by atoms with E-state index in [-0.39, 0.29) is 29.1 Å². The average molecular weight is 446 g/mol. The van der Waals surface area contributed by atoms with Gasteiger partial charge in [-0.2, -0.15) is 0 Å². The summed E-state index contributed by atoms with van der Waals surface area (Å²) in [5, 5.41) is 0.585. The highest BCUT2D eigenvalue weighted by Crippen LogP contribution is 2.43. The van der Waals surface area contributed by atoms with Crippen molar-refractivity contribution in [3.05, 3.63) is 63.4 Å². The van der Waals surface area contributed by atoms with Crippen LogP contribution in [-0.2, 0) is 16.4 Å². The molecule has 0 aliphatic carbocycles. The fourth-order valence-electron chi connectivity index (χ4n) is 4.31. The number of Topliss-reactive ketones (excluding diaryl/α,β-unsaturated/α-hetero) is 1. The Kier molecular flexibility index (Phi) is 4.65. The van der Waals surface area contributed by atoms with Crippen molar-refractivity contribution in [2.24, 2.45) is 0 Å². The second-order valence-electron chi connectivity index (χ2n) is 7.94. The van der Waals surface area contributed by atoms with Crippen molar-refractivity contribution < 1.29 is 22.7 Å². The third-order valence-electron chi connectivity index (χ3n) is 5.84. The lowest BCUT2D eigenvalue weighted by molar-refractivity contribution is 0.0637. The van der Waals surface area contributed by atoms with Crippen LogP contribution in [0.3, 0.4) is 0 Å². The minimum Gasteiger partial charge on any atom is -0.477 e. The highest BCUT2D eigenvalue weighted by molar-refractivity contribution is 7.91. The van der Waals surface area contributed by atoms with Gasteiger partial charge in [-0.25, -0.2) is 8.42 Å². The fourth-order valence-corrected chi connectivity index (χ4v) is 6.27. The Morgan fingerprint density at radius 2 is 2.07 bits per heavy atom. The molecule has 5 rings (SSSR count). The number of carbonyl (C=O) groups is 1. The minimum atomic E-state index is -2.98. The van der Waals surface area contributed by atoms with Crippen LogP contribution >= 0.6 is 11.6 Å². The zero-order chi connectivity index (χ0) is 21.0. The van der Waals surface area contributed by atoms with E-state index >= 15 is 0 Å². The quantitative estimate of drug-likeness (QED) is 0.657. The Bertz CT molecular complexity index is 1200. The summed E-state index contributed by atoms with van der Waals surface area (Å²) in [6.07, 6.45) is 2.29. The van der Waals surface area contributed by atoms with Crippen LogP contribution in [0.1, 0.15) is 33.5 Å². The van der Waals surface area contributed by atoms with Gasteiger partial charge in [0.15, 0.2) is 15.6 Å². The molecular weight excluding hydrogens is 426 g/mol. The number of allylic oxidation sites excluding steroid dienone is 1. The summed E-state index contributed by atoms with van der Waals surface area (Å²) < 4.78 is 35.6. The lowest BCUT2D eigenvalue weighted by Gasteiger charge is -2.33. The maximum absolute atomic E-state index is 13.0. The highest BCUT2D eigenvalue weighted by Gasteiger charge is 2.37. The molecule has 1 fully saturated rings. The maximum atomic E-state index is 13.0. The van der Waals surface area contributed by atoms with Crippen molar-refractivity contribution >= 4 is 33.3 Å². The van der Waals surface area contributed by atoms with E-state index in [9.17, 15) is 13.2 Å². The van der Waals surface area contributed by atoms with Crippen molar-refractivity contribution in [3.8, 4) is 11.5 Å². The maximum Gasteiger partial charge on any atom is 0.231 e. The second-order valence-corrected chi connectivity index (χ2v) is 10.6. The molecule has 0 spiro atoms. The van der Waals surface area contributed by atoms with Crippen molar-refractivity contribution in [1.82, 2.24) is 4.90 Å². The molecule has 1 saturated heterocycles. The van der Waals surface area contributed by atoms with E-state index < -0.39 is 9.84 Å². The van der Waals surface area contributed by atoms with Crippen LogP contribution in [0.15, 0.2) is 36.1 Å². The summed E-state index contributed by atoms with van der Waals surface area (Å²) in [6.45, 7) is 2.75. The summed E-state index contributed by atoms with van der Waals surface area (Å²) in [5.74, 6) is 1.66. The van der Waals surface area contributed by atoms with E-state index in [1.807, 2.05) is 30.0 Å². The molecule has 6 nitrogen and oxygen atoms in total. The first-order valence-electron chi connectivity index (χ1n) is 9.74. The first kappa shape index (κ1) is 19.6. The van der Waals surface area contributed by atoms with Gasteiger partial charge in [0.2, 0.25) is 5.78 Å². The van der Waals surface area contributed by atoms with Gasteiger partial charge in [-0.3, -0.25) is 9.69 Å². The zero-order valence-electron chi connectivity index (χ0n) is 16.4. The van der Waals surface area contributed by atoms with Gasteiger partial charge in [0.05, 0.1) is 17.1 Å². The molecule has 3 heterocycles. The second kappa shape index (κ2) is 7.11. The van der Waals surface area contributed by atoms with Gasteiger partial charge in [0.25, 0.3) is 0 Å². The van der Waals surface area contributed by atoms with Crippen LogP contribution in [0.5, 0.6) is 11.5 Å². The number of halogens is 1. The number of sulfone groups is 1. The van der Waals surface area contributed by atoms with Crippen molar-refractivity contribution in [2.45, 2.75) is 25.9 Å². The van der Waals surface area contributed by atoms with Gasteiger partial charge < -0.3 is 9.47 Å². The first-order chi connectivity index (χ1) is 14.3. The number of hydrogen-bond acceptors (Lipinski definition) is 6. The molecule has 2 aromatic rings. The average Bonchev–Trinajstić information content (AvgIpc) is 3.22. The van der Waals surface area contributed by atoms with Crippen molar-refractivity contribution in [2.75, 3.05) is 18.2 Å². The molecule has 0 N–H and O–H groups in total. The third kappa shape index (κ3) is 3.41. The Balaban J connectivity index is 1.45. The smallest absolute Gasteiger partial charge is 0.231 e. The Hall–Kier alpha value is -2.35. The summed E-state index contributed by atoms with van der Waals surface area (Å²) in [4.78, 5) is 15.0. The summed E-state index contributed by atoms with van der Waals surface area (Å²) in [5.41, 5.74) is 2.95. The SMILES string of the molecule is Cc1c2c(cc3c1O/C(=C\c1cccc(Cl)c1)C3=O)CN(C1CCS(=O)(=O)C1)CO2. The Morgan fingerprint density at radius 1 is 1.23 bits per heavy atom. The first-order valence-corrected chi connectivity index (χ1v) is 11.9. The Labute approximate surface area is 180 Å². The molecule has 2 aromatic carbocycles. The number of nitrogens with zero attached hydrogens (tertiary/aromatic N) is 1. The van der Waals surface area contributed by atoms with Crippen LogP contribution < -0.4 is 9.47 Å². The van der Waals surface area contributed by atoms with E-state index in [2.05, 4.69) is 0 Å². The van der Waals surface area contributed by atoms with E-state index in [1.165, 1.54) is 0 Å². The molecular formula is C22H20ClNO5S. The van der Waals surface area contributed by atoms with Crippen molar-refractivity contribution in [1.29, 1.82) is 0 Å². The van der Waals surface area contributed by atoms with Gasteiger partial charge in [0.1, 0.15) is 18.2 Å². The van der Waals surface area contributed by atoms with Gasteiger partial charge in [-0.1, -0.05) is 23.7 Å². The molecule has 3 aliphatic rings.